The quantitative estimate of drug-likeness (QED) is 0.209. The molecule has 4 rings (SSSR count). The number of ether oxygens (including phenoxy) is 2. The second-order valence-corrected chi connectivity index (χ2v) is 8.07. The molecule has 0 radical (unpaired) electrons. The number of rotatable bonds is 9. The summed E-state index contributed by atoms with van der Waals surface area (Å²) in [6.07, 6.45) is 0. The SMILES string of the molecule is Cc1ccc(OCCOC(=O)CSc2nc3ccccc3n2Cc2ccccc2)cc1. The molecule has 158 valence electrons. The maximum atomic E-state index is 12.2. The molecule has 0 amide bonds. The minimum atomic E-state index is -0.282. The van der Waals surface area contributed by atoms with Crippen molar-refractivity contribution in [2.45, 2.75) is 18.6 Å². The van der Waals surface area contributed by atoms with Crippen LogP contribution in [-0.2, 0) is 16.1 Å². The molecule has 5 nitrogen and oxygen atoms in total. The van der Waals surface area contributed by atoms with Crippen molar-refractivity contribution in [3.63, 3.8) is 0 Å². The second-order valence-electron chi connectivity index (χ2n) is 7.13. The lowest BCUT2D eigenvalue weighted by molar-refractivity contribution is -0.141. The highest BCUT2D eigenvalue weighted by atomic mass is 32.2. The lowest BCUT2D eigenvalue weighted by Gasteiger charge is -2.10. The zero-order valence-corrected chi connectivity index (χ0v) is 18.2. The fraction of sp³-hybridized carbons (Fsp3) is 0.200. The largest absolute Gasteiger partial charge is 0.490 e. The Morgan fingerprint density at radius 3 is 2.48 bits per heavy atom. The smallest absolute Gasteiger partial charge is 0.316 e. The lowest BCUT2D eigenvalue weighted by Crippen LogP contribution is -2.14. The van der Waals surface area contributed by atoms with E-state index in [1.165, 1.54) is 22.9 Å². The number of aromatic nitrogens is 2. The van der Waals surface area contributed by atoms with E-state index in [1.54, 1.807) is 0 Å². The van der Waals surface area contributed by atoms with Crippen molar-refractivity contribution in [2.24, 2.45) is 0 Å². The average molecular weight is 433 g/mol. The summed E-state index contributed by atoms with van der Waals surface area (Å²) in [5.74, 6) is 0.685. The van der Waals surface area contributed by atoms with Crippen LogP contribution in [0.3, 0.4) is 0 Å². The van der Waals surface area contributed by atoms with E-state index < -0.39 is 0 Å². The molecule has 3 aromatic carbocycles. The van der Waals surface area contributed by atoms with Gasteiger partial charge in [0.2, 0.25) is 0 Å². The van der Waals surface area contributed by atoms with Gasteiger partial charge >= 0.3 is 5.97 Å². The molecule has 0 unspecified atom stereocenters. The van der Waals surface area contributed by atoms with Crippen molar-refractivity contribution in [3.8, 4) is 5.75 Å². The van der Waals surface area contributed by atoms with E-state index in [4.69, 9.17) is 14.5 Å². The van der Waals surface area contributed by atoms with Crippen molar-refractivity contribution >= 4 is 28.8 Å². The molecule has 31 heavy (non-hydrogen) atoms. The van der Waals surface area contributed by atoms with Gasteiger partial charge in [0.25, 0.3) is 0 Å². The van der Waals surface area contributed by atoms with E-state index >= 15 is 0 Å². The molecule has 0 aliphatic carbocycles. The molecule has 0 saturated heterocycles. The van der Waals surface area contributed by atoms with Crippen molar-refractivity contribution in [2.75, 3.05) is 19.0 Å². The van der Waals surface area contributed by atoms with Crippen LogP contribution in [0.25, 0.3) is 11.0 Å². The first kappa shape index (κ1) is 21.0. The summed E-state index contributed by atoms with van der Waals surface area (Å²) in [6, 6.07) is 26.0. The molecule has 0 N–H and O–H groups in total. The summed E-state index contributed by atoms with van der Waals surface area (Å²) in [7, 11) is 0. The topological polar surface area (TPSA) is 53.4 Å². The first-order chi connectivity index (χ1) is 15.2. The summed E-state index contributed by atoms with van der Waals surface area (Å²) in [5, 5.41) is 0.804. The molecule has 1 heterocycles. The second kappa shape index (κ2) is 10.2. The number of esters is 1. The van der Waals surface area contributed by atoms with Gasteiger partial charge in [-0.15, -0.1) is 0 Å². The molecule has 4 aromatic rings. The zero-order valence-electron chi connectivity index (χ0n) is 17.4. The van der Waals surface area contributed by atoms with E-state index in [0.717, 1.165) is 21.9 Å². The Hall–Kier alpha value is -3.25. The van der Waals surface area contributed by atoms with Gasteiger partial charge in [0.15, 0.2) is 5.16 Å². The third-order valence-corrected chi connectivity index (χ3v) is 5.71. The summed E-state index contributed by atoms with van der Waals surface area (Å²) in [5.41, 5.74) is 4.33. The van der Waals surface area contributed by atoms with E-state index in [2.05, 4.69) is 22.8 Å². The Bertz CT molecular complexity index is 1140. The van der Waals surface area contributed by atoms with Gasteiger partial charge in [-0.25, -0.2) is 4.98 Å². The number of thioether (sulfide) groups is 1. The van der Waals surface area contributed by atoms with Crippen LogP contribution in [0.5, 0.6) is 5.75 Å². The number of aryl methyl sites for hydroxylation is 1. The highest BCUT2D eigenvalue weighted by molar-refractivity contribution is 7.99. The molecule has 0 fully saturated rings. The minimum absolute atomic E-state index is 0.197. The number of carbonyl (C=O) groups is 1. The highest BCUT2D eigenvalue weighted by Crippen LogP contribution is 2.25. The summed E-state index contributed by atoms with van der Waals surface area (Å²) in [6.45, 7) is 3.26. The van der Waals surface area contributed by atoms with Crippen LogP contribution < -0.4 is 4.74 Å². The minimum Gasteiger partial charge on any atom is -0.490 e. The first-order valence-corrected chi connectivity index (χ1v) is 11.1. The average Bonchev–Trinajstić information content (AvgIpc) is 3.14. The van der Waals surface area contributed by atoms with Gasteiger partial charge in [-0.1, -0.05) is 71.9 Å². The number of fused-ring (bicyclic) bond motifs is 1. The van der Waals surface area contributed by atoms with Gasteiger partial charge in [0.1, 0.15) is 19.0 Å². The summed E-state index contributed by atoms with van der Waals surface area (Å²) < 4.78 is 13.1. The molecular formula is C25H24N2O3S. The Kier molecular flexibility index (Phi) is 6.89. The van der Waals surface area contributed by atoms with Crippen LogP contribution in [0.1, 0.15) is 11.1 Å². The van der Waals surface area contributed by atoms with Crippen LogP contribution in [0.2, 0.25) is 0 Å². The van der Waals surface area contributed by atoms with Crippen molar-refractivity contribution in [1.29, 1.82) is 0 Å². The van der Waals surface area contributed by atoms with Gasteiger partial charge in [0, 0.05) is 0 Å². The van der Waals surface area contributed by atoms with Gasteiger partial charge in [-0.3, -0.25) is 4.79 Å². The maximum Gasteiger partial charge on any atom is 0.316 e. The van der Waals surface area contributed by atoms with Crippen LogP contribution in [0, 0.1) is 6.92 Å². The molecule has 0 atom stereocenters. The fourth-order valence-electron chi connectivity index (χ4n) is 3.20. The number of carbonyl (C=O) groups excluding carboxylic acids is 1. The van der Waals surface area contributed by atoms with E-state index in [0.29, 0.717) is 13.2 Å². The molecule has 6 heteroatoms. The molecule has 0 saturated carbocycles. The Morgan fingerprint density at radius 2 is 1.68 bits per heavy atom. The molecule has 1 aromatic heterocycles. The number of hydrogen-bond acceptors (Lipinski definition) is 5. The molecule has 0 aliphatic heterocycles. The van der Waals surface area contributed by atoms with Crippen molar-refractivity contribution in [1.82, 2.24) is 9.55 Å². The number of nitrogens with zero attached hydrogens (tertiary/aromatic N) is 2. The number of imidazole rings is 1. The van der Waals surface area contributed by atoms with Crippen LogP contribution in [-0.4, -0.2) is 34.5 Å². The molecule has 0 aliphatic rings. The number of para-hydroxylation sites is 2. The zero-order chi connectivity index (χ0) is 21.5. The predicted molar refractivity (Wildman–Crippen MR) is 124 cm³/mol. The standard InChI is InChI=1S/C25H24N2O3S/c1-19-11-13-21(14-12-19)29-15-16-30-24(28)18-31-25-26-22-9-5-6-10-23(22)27(25)17-20-7-3-2-4-8-20/h2-14H,15-18H2,1H3. The number of benzene rings is 3. The highest BCUT2D eigenvalue weighted by Gasteiger charge is 2.14. The third-order valence-electron chi connectivity index (χ3n) is 4.76. The van der Waals surface area contributed by atoms with E-state index in [-0.39, 0.29) is 18.3 Å². The molecule has 0 spiro atoms. The van der Waals surface area contributed by atoms with E-state index in [1.807, 2.05) is 67.6 Å². The van der Waals surface area contributed by atoms with Crippen LogP contribution in [0.15, 0.2) is 84.0 Å². The third kappa shape index (κ3) is 5.67. The van der Waals surface area contributed by atoms with Gasteiger partial charge in [-0.05, 0) is 36.8 Å². The molecule has 0 bridgehead atoms. The molecular weight excluding hydrogens is 408 g/mol. The summed E-state index contributed by atoms with van der Waals surface area (Å²) in [4.78, 5) is 16.9. The maximum absolute atomic E-state index is 12.2. The lowest BCUT2D eigenvalue weighted by atomic mass is 10.2. The first-order valence-electron chi connectivity index (χ1n) is 10.2. The normalized spacial score (nSPS) is 10.9. The Morgan fingerprint density at radius 1 is 0.935 bits per heavy atom. The van der Waals surface area contributed by atoms with Crippen molar-refractivity contribution < 1.29 is 14.3 Å². The van der Waals surface area contributed by atoms with Gasteiger partial charge < -0.3 is 14.0 Å². The predicted octanol–water partition coefficient (Wildman–Crippen LogP) is 5.11. The van der Waals surface area contributed by atoms with Crippen LogP contribution >= 0.6 is 11.8 Å². The van der Waals surface area contributed by atoms with E-state index in [9.17, 15) is 4.79 Å². The summed E-state index contributed by atoms with van der Waals surface area (Å²) >= 11 is 1.39. The van der Waals surface area contributed by atoms with Gasteiger partial charge in [0.05, 0.1) is 23.3 Å². The monoisotopic (exact) mass is 432 g/mol. The Labute approximate surface area is 186 Å². The number of hydrogen-bond donors (Lipinski definition) is 0. The Balaban J connectivity index is 1.33. The fourth-order valence-corrected chi connectivity index (χ4v) is 4.01. The van der Waals surface area contributed by atoms with Crippen LogP contribution in [0.4, 0.5) is 0 Å². The van der Waals surface area contributed by atoms with Gasteiger partial charge in [-0.2, -0.15) is 0 Å². The van der Waals surface area contributed by atoms with Crippen molar-refractivity contribution in [3.05, 3.63) is 90.0 Å².